The van der Waals surface area contributed by atoms with Crippen molar-refractivity contribution in [2.75, 3.05) is 6.61 Å². The number of ketones is 1. The highest BCUT2D eigenvalue weighted by molar-refractivity contribution is 5.82. The predicted molar refractivity (Wildman–Crippen MR) is 110 cm³/mol. The first-order valence-electron chi connectivity index (χ1n) is 9.75. The van der Waals surface area contributed by atoms with Gasteiger partial charge < -0.3 is 9.84 Å². The Kier molecular flexibility index (Phi) is 5.54. The molecule has 1 unspecified atom stereocenters. The summed E-state index contributed by atoms with van der Waals surface area (Å²) in [6.45, 7) is 0.198. The van der Waals surface area contributed by atoms with E-state index in [0.717, 1.165) is 41.7 Å². The zero-order valence-electron chi connectivity index (χ0n) is 15.8. The Morgan fingerprint density at radius 2 is 1.68 bits per heavy atom. The SMILES string of the molecule is O=C(CO)C1CCc2ccc(-c3ccc(OCc4ccccc4)cc3)cc2C1. The molecule has 3 aromatic carbocycles. The minimum atomic E-state index is -0.357. The highest BCUT2D eigenvalue weighted by Gasteiger charge is 2.24. The summed E-state index contributed by atoms with van der Waals surface area (Å²) < 4.78 is 5.87. The summed E-state index contributed by atoms with van der Waals surface area (Å²) in [5.74, 6) is 0.747. The van der Waals surface area contributed by atoms with E-state index in [0.29, 0.717) is 6.61 Å². The molecule has 3 heteroatoms. The highest BCUT2D eigenvalue weighted by atomic mass is 16.5. The molecule has 0 bridgehead atoms. The molecule has 4 rings (SSSR count). The third-order valence-electron chi connectivity index (χ3n) is 5.48. The smallest absolute Gasteiger partial charge is 0.161 e. The van der Waals surface area contributed by atoms with Crippen LogP contribution in [0.15, 0.2) is 72.8 Å². The molecular weight excluding hydrogens is 348 g/mol. The van der Waals surface area contributed by atoms with E-state index < -0.39 is 0 Å². The second kappa shape index (κ2) is 8.41. The fourth-order valence-corrected chi connectivity index (χ4v) is 3.83. The number of Topliss-reactive ketones (excluding diaryl/α,β-unsaturated/α-hetero) is 1. The average molecular weight is 372 g/mol. The van der Waals surface area contributed by atoms with E-state index in [1.54, 1.807) is 0 Å². The molecular formula is C25H24O3. The Morgan fingerprint density at radius 3 is 2.43 bits per heavy atom. The van der Waals surface area contributed by atoms with Crippen LogP contribution >= 0.6 is 0 Å². The lowest BCUT2D eigenvalue weighted by Gasteiger charge is -2.23. The summed E-state index contributed by atoms with van der Waals surface area (Å²) in [6.07, 6.45) is 2.46. The zero-order chi connectivity index (χ0) is 19.3. The summed E-state index contributed by atoms with van der Waals surface area (Å²) in [6, 6.07) is 24.8. The van der Waals surface area contributed by atoms with Crippen molar-refractivity contribution in [3.63, 3.8) is 0 Å². The lowest BCUT2D eigenvalue weighted by atomic mass is 9.81. The molecule has 1 aliphatic rings. The molecule has 3 nitrogen and oxygen atoms in total. The van der Waals surface area contributed by atoms with Crippen molar-refractivity contribution in [3.8, 4) is 16.9 Å². The molecule has 0 amide bonds. The average Bonchev–Trinajstić information content (AvgIpc) is 2.77. The van der Waals surface area contributed by atoms with Gasteiger partial charge in [-0.15, -0.1) is 0 Å². The number of carbonyl (C=O) groups is 1. The Morgan fingerprint density at radius 1 is 0.929 bits per heavy atom. The second-order valence-corrected chi connectivity index (χ2v) is 7.35. The standard InChI is InChI=1S/C25H24O3/c26-16-25(27)22-9-7-20-6-8-21(14-23(20)15-22)19-10-12-24(13-11-19)28-17-18-4-2-1-3-5-18/h1-6,8,10-14,22,26H,7,9,15-17H2. The van der Waals surface area contributed by atoms with Gasteiger partial charge >= 0.3 is 0 Å². The fraction of sp³-hybridized carbons (Fsp3) is 0.240. The number of hydrogen-bond donors (Lipinski definition) is 1. The van der Waals surface area contributed by atoms with E-state index >= 15 is 0 Å². The van der Waals surface area contributed by atoms with E-state index in [-0.39, 0.29) is 18.3 Å². The number of carbonyl (C=O) groups excluding carboxylic acids is 1. The summed E-state index contributed by atoms with van der Waals surface area (Å²) in [4.78, 5) is 11.9. The van der Waals surface area contributed by atoms with Crippen LogP contribution in [0.4, 0.5) is 0 Å². The number of aliphatic hydroxyl groups is 1. The number of aliphatic hydroxyl groups excluding tert-OH is 1. The monoisotopic (exact) mass is 372 g/mol. The third-order valence-corrected chi connectivity index (χ3v) is 5.48. The first kappa shape index (κ1) is 18.5. The quantitative estimate of drug-likeness (QED) is 0.688. The van der Waals surface area contributed by atoms with E-state index in [2.05, 4.69) is 42.5 Å². The van der Waals surface area contributed by atoms with Crippen LogP contribution in [-0.4, -0.2) is 17.5 Å². The molecule has 0 fully saturated rings. The van der Waals surface area contributed by atoms with Gasteiger partial charge in [-0.3, -0.25) is 4.79 Å². The molecule has 0 aliphatic heterocycles. The first-order chi connectivity index (χ1) is 13.7. The molecule has 1 N–H and O–H groups in total. The predicted octanol–water partition coefficient (Wildman–Crippen LogP) is 4.60. The van der Waals surface area contributed by atoms with Gasteiger partial charge in [-0.2, -0.15) is 0 Å². The molecule has 0 aromatic heterocycles. The van der Waals surface area contributed by atoms with Gasteiger partial charge in [0.1, 0.15) is 19.0 Å². The van der Waals surface area contributed by atoms with Crippen LogP contribution in [0.1, 0.15) is 23.1 Å². The highest BCUT2D eigenvalue weighted by Crippen LogP contribution is 2.31. The van der Waals surface area contributed by atoms with E-state index in [1.807, 2.05) is 30.3 Å². The summed E-state index contributed by atoms with van der Waals surface area (Å²) >= 11 is 0. The molecule has 142 valence electrons. The number of ether oxygens (including phenoxy) is 1. The van der Waals surface area contributed by atoms with E-state index in [1.165, 1.54) is 11.1 Å². The van der Waals surface area contributed by atoms with Crippen LogP contribution in [0.5, 0.6) is 5.75 Å². The molecule has 3 aromatic rings. The normalized spacial score (nSPS) is 15.7. The zero-order valence-corrected chi connectivity index (χ0v) is 15.8. The van der Waals surface area contributed by atoms with Crippen LogP contribution in [0.2, 0.25) is 0 Å². The van der Waals surface area contributed by atoms with Gasteiger partial charge in [-0.1, -0.05) is 60.7 Å². The summed E-state index contributed by atoms with van der Waals surface area (Å²) in [7, 11) is 0. The Hall–Kier alpha value is -2.91. The molecule has 0 spiro atoms. The molecule has 0 heterocycles. The number of hydrogen-bond acceptors (Lipinski definition) is 3. The van der Waals surface area contributed by atoms with Crippen LogP contribution in [0.3, 0.4) is 0 Å². The third kappa shape index (κ3) is 4.15. The summed E-state index contributed by atoms with van der Waals surface area (Å²) in [5.41, 5.74) is 5.96. The Labute approximate surface area is 165 Å². The lowest BCUT2D eigenvalue weighted by molar-refractivity contribution is -0.125. The number of fused-ring (bicyclic) bond motifs is 1. The van der Waals surface area contributed by atoms with Gasteiger partial charge in [0.05, 0.1) is 0 Å². The molecule has 28 heavy (non-hydrogen) atoms. The number of benzene rings is 3. The maximum Gasteiger partial charge on any atom is 0.161 e. The van der Waals surface area contributed by atoms with Gasteiger partial charge in [0, 0.05) is 5.92 Å². The van der Waals surface area contributed by atoms with Crippen molar-refractivity contribution < 1.29 is 14.6 Å². The second-order valence-electron chi connectivity index (χ2n) is 7.35. The minimum absolute atomic E-state index is 0.0454. The van der Waals surface area contributed by atoms with Crippen LogP contribution < -0.4 is 4.74 Å². The molecule has 1 atom stereocenters. The molecule has 0 radical (unpaired) electrons. The van der Waals surface area contributed by atoms with Crippen molar-refractivity contribution in [1.82, 2.24) is 0 Å². The number of aryl methyl sites for hydroxylation is 1. The van der Waals surface area contributed by atoms with Gasteiger partial charge in [0.2, 0.25) is 0 Å². The topological polar surface area (TPSA) is 46.5 Å². The summed E-state index contributed by atoms with van der Waals surface area (Å²) in [5, 5.41) is 9.15. The van der Waals surface area contributed by atoms with E-state index in [4.69, 9.17) is 9.84 Å². The Balaban J connectivity index is 1.46. The molecule has 0 saturated carbocycles. The van der Waals surface area contributed by atoms with Gasteiger partial charge in [-0.05, 0) is 59.2 Å². The van der Waals surface area contributed by atoms with Crippen LogP contribution in [-0.2, 0) is 24.2 Å². The number of rotatable bonds is 6. The molecule has 0 saturated heterocycles. The van der Waals surface area contributed by atoms with E-state index in [9.17, 15) is 4.79 Å². The van der Waals surface area contributed by atoms with Gasteiger partial charge in [0.15, 0.2) is 5.78 Å². The van der Waals surface area contributed by atoms with Gasteiger partial charge in [0.25, 0.3) is 0 Å². The van der Waals surface area contributed by atoms with Crippen molar-refractivity contribution >= 4 is 5.78 Å². The van der Waals surface area contributed by atoms with Crippen molar-refractivity contribution in [1.29, 1.82) is 0 Å². The van der Waals surface area contributed by atoms with Crippen molar-refractivity contribution in [2.24, 2.45) is 5.92 Å². The lowest BCUT2D eigenvalue weighted by Crippen LogP contribution is -2.24. The fourth-order valence-electron chi connectivity index (χ4n) is 3.83. The Bertz CT molecular complexity index is 945. The van der Waals surface area contributed by atoms with Crippen molar-refractivity contribution in [2.45, 2.75) is 25.9 Å². The maximum absolute atomic E-state index is 11.9. The van der Waals surface area contributed by atoms with Crippen molar-refractivity contribution in [3.05, 3.63) is 89.5 Å². The first-order valence-corrected chi connectivity index (χ1v) is 9.75. The maximum atomic E-state index is 11.9. The minimum Gasteiger partial charge on any atom is -0.489 e. The largest absolute Gasteiger partial charge is 0.489 e. The van der Waals surface area contributed by atoms with Crippen LogP contribution in [0, 0.1) is 5.92 Å². The van der Waals surface area contributed by atoms with Crippen LogP contribution in [0.25, 0.3) is 11.1 Å². The molecule has 1 aliphatic carbocycles. The van der Waals surface area contributed by atoms with Gasteiger partial charge in [-0.25, -0.2) is 0 Å².